The molecule has 0 spiro atoms. The van der Waals surface area contributed by atoms with E-state index in [4.69, 9.17) is 8.85 Å². The van der Waals surface area contributed by atoms with Crippen molar-refractivity contribution in [2.24, 2.45) is 0 Å². The van der Waals surface area contributed by atoms with Crippen LogP contribution in [0, 0.1) is 0 Å². The lowest BCUT2D eigenvalue weighted by Crippen LogP contribution is -2.38. The molecule has 0 amide bonds. The van der Waals surface area contributed by atoms with Crippen molar-refractivity contribution in [2.45, 2.75) is 72.1 Å². The van der Waals surface area contributed by atoms with Crippen LogP contribution >= 0.6 is 0 Å². The summed E-state index contributed by atoms with van der Waals surface area (Å²) < 4.78 is 11.9. The molecule has 0 radical (unpaired) electrons. The first-order valence-electron chi connectivity index (χ1n) is 5.50. The molecular formula is C11H26O2Si. The van der Waals surface area contributed by atoms with Crippen molar-refractivity contribution >= 4 is 9.28 Å². The van der Waals surface area contributed by atoms with Crippen molar-refractivity contribution < 1.29 is 8.85 Å². The Kier molecular flexibility index (Phi) is 5.34. The fourth-order valence-corrected chi connectivity index (χ4v) is 3.50. The SMILES string of the molecule is CCC[SiH](OC(C)(C)C)OC(C)(C)C. The van der Waals surface area contributed by atoms with Crippen molar-refractivity contribution in [2.75, 3.05) is 0 Å². The molecule has 0 N–H and O–H groups in total. The maximum atomic E-state index is 5.97. The second-order valence-corrected chi connectivity index (χ2v) is 7.59. The summed E-state index contributed by atoms with van der Waals surface area (Å²) in [6.45, 7) is 14.7. The summed E-state index contributed by atoms with van der Waals surface area (Å²) in [6.07, 6.45) is 1.14. The van der Waals surface area contributed by atoms with Crippen LogP contribution in [-0.4, -0.2) is 20.5 Å². The van der Waals surface area contributed by atoms with E-state index in [0.717, 1.165) is 12.5 Å². The molecule has 0 aromatic rings. The zero-order valence-corrected chi connectivity index (χ0v) is 12.0. The van der Waals surface area contributed by atoms with E-state index in [1.54, 1.807) is 0 Å². The Hall–Kier alpha value is 0.137. The van der Waals surface area contributed by atoms with Crippen LogP contribution in [0.1, 0.15) is 54.9 Å². The third kappa shape index (κ3) is 8.72. The molecular weight excluding hydrogens is 192 g/mol. The monoisotopic (exact) mass is 218 g/mol. The molecule has 0 saturated heterocycles. The summed E-state index contributed by atoms with van der Waals surface area (Å²) in [5.74, 6) is 0. The largest absolute Gasteiger partial charge is 0.392 e. The van der Waals surface area contributed by atoms with Gasteiger partial charge in [-0.25, -0.2) is 0 Å². The van der Waals surface area contributed by atoms with E-state index in [-0.39, 0.29) is 11.2 Å². The number of hydrogen-bond acceptors (Lipinski definition) is 2. The lowest BCUT2D eigenvalue weighted by atomic mass is 10.2. The van der Waals surface area contributed by atoms with Crippen LogP contribution in [-0.2, 0) is 8.85 Å². The molecule has 0 aliphatic rings. The van der Waals surface area contributed by atoms with Crippen LogP contribution < -0.4 is 0 Å². The molecule has 0 atom stereocenters. The van der Waals surface area contributed by atoms with Gasteiger partial charge in [-0.05, 0) is 47.6 Å². The molecule has 0 aromatic heterocycles. The first-order valence-corrected chi connectivity index (χ1v) is 7.25. The van der Waals surface area contributed by atoms with Gasteiger partial charge in [-0.15, -0.1) is 0 Å². The van der Waals surface area contributed by atoms with Gasteiger partial charge in [-0.3, -0.25) is 0 Å². The predicted octanol–water partition coefficient (Wildman–Crippen LogP) is 3.25. The topological polar surface area (TPSA) is 18.5 Å². The highest BCUT2D eigenvalue weighted by Crippen LogP contribution is 2.18. The van der Waals surface area contributed by atoms with Gasteiger partial charge in [0.25, 0.3) is 0 Å². The molecule has 2 nitrogen and oxygen atoms in total. The summed E-state index contributed by atoms with van der Waals surface area (Å²) in [4.78, 5) is 0. The van der Waals surface area contributed by atoms with Crippen LogP contribution in [0.5, 0.6) is 0 Å². The van der Waals surface area contributed by atoms with E-state index in [0.29, 0.717) is 0 Å². The van der Waals surface area contributed by atoms with Crippen LogP contribution in [0.15, 0.2) is 0 Å². The maximum absolute atomic E-state index is 5.97. The van der Waals surface area contributed by atoms with Gasteiger partial charge in [0.15, 0.2) is 0 Å². The van der Waals surface area contributed by atoms with E-state index in [2.05, 4.69) is 48.5 Å². The molecule has 0 unspecified atom stereocenters. The first kappa shape index (κ1) is 14.1. The summed E-state index contributed by atoms with van der Waals surface area (Å²) in [7, 11) is -1.48. The Bertz CT molecular complexity index is 140. The lowest BCUT2D eigenvalue weighted by molar-refractivity contribution is 0.0338. The summed E-state index contributed by atoms with van der Waals surface area (Å²) in [5, 5.41) is 0. The smallest absolute Gasteiger partial charge is 0.322 e. The standard InChI is InChI=1S/C11H26O2Si/c1-8-9-14(12-10(2,3)4)13-11(5,6)7/h14H,8-9H2,1-7H3. The van der Waals surface area contributed by atoms with Gasteiger partial charge in [0.2, 0.25) is 0 Å². The maximum Gasteiger partial charge on any atom is 0.322 e. The van der Waals surface area contributed by atoms with Crippen LogP contribution in [0.3, 0.4) is 0 Å². The van der Waals surface area contributed by atoms with Crippen molar-refractivity contribution in [3.63, 3.8) is 0 Å². The van der Waals surface area contributed by atoms with E-state index in [1.807, 2.05) is 0 Å². The highest BCUT2D eigenvalue weighted by Gasteiger charge is 2.25. The first-order chi connectivity index (χ1) is 6.14. The Balaban J connectivity index is 4.16. The van der Waals surface area contributed by atoms with Gasteiger partial charge in [0.1, 0.15) is 0 Å². The van der Waals surface area contributed by atoms with Crippen LogP contribution in [0.25, 0.3) is 0 Å². The molecule has 0 aliphatic heterocycles. The van der Waals surface area contributed by atoms with Crippen molar-refractivity contribution in [1.82, 2.24) is 0 Å². The van der Waals surface area contributed by atoms with Crippen LogP contribution in [0.2, 0.25) is 6.04 Å². The zero-order chi connectivity index (χ0) is 11.4. The van der Waals surface area contributed by atoms with Gasteiger partial charge in [0.05, 0.1) is 0 Å². The molecule has 14 heavy (non-hydrogen) atoms. The van der Waals surface area contributed by atoms with Gasteiger partial charge in [-0.2, -0.15) is 0 Å². The highest BCUT2D eigenvalue weighted by atomic mass is 28.3. The Labute approximate surface area is 90.8 Å². The average Bonchev–Trinajstić information content (AvgIpc) is 1.78. The van der Waals surface area contributed by atoms with Gasteiger partial charge < -0.3 is 8.85 Å². The normalized spacial score (nSPS) is 13.7. The van der Waals surface area contributed by atoms with Crippen LogP contribution in [0.4, 0.5) is 0 Å². The van der Waals surface area contributed by atoms with E-state index < -0.39 is 9.28 Å². The third-order valence-corrected chi connectivity index (χ3v) is 4.48. The minimum Gasteiger partial charge on any atom is -0.392 e. The summed E-state index contributed by atoms with van der Waals surface area (Å²) in [6, 6.07) is 1.09. The zero-order valence-electron chi connectivity index (χ0n) is 10.8. The Morgan fingerprint density at radius 2 is 1.21 bits per heavy atom. The molecule has 86 valence electrons. The fourth-order valence-electron chi connectivity index (χ4n) is 1.17. The Morgan fingerprint density at radius 3 is 1.43 bits per heavy atom. The Morgan fingerprint density at radius 1 is 0.857 bits per heavy atom. The second kappa shape index (κ2) is 5.28. The van der Waals surface area contributed by atoms with Gasteiger partial charge in [-0.1, -0.05) is 13.3 Å². The number of rotatable bonds is 4. The van der Waals surface area contributed by atoms with E-state index in [1.165, 1.54) is 0 Å². The molecule has 0 fully saturated rings. The quantitative estimate of drug-likeness (QED) is 0.674. The minimum absolute atomic E-state index is 0.0721. The highest BCUT2D eigenvalue weighted by molar-refractivity contribution is 6.44. The van der Waals surface area contributed by atoms with Gasteiger partial charge >= 0.3 is 9.28 Å². The van der Waals surface area contributed by atoms with Crippen molar-refractivity contribution in [3.8, 4) is 0 Å². The second-order valence-electron chi connectivity index (χ2n) is 5.68. The van der Waals surface area contributed by atoms with Gasteiger partial charge in [0, 0.05) is 11.2 Å². The molecule has 0 bridgehead atoms. The molecule has 0 aromatic carbocycles. The summed E-state index contributed by atoms with van der Waals surface area (Å²) >= 11 is 0. The lowest BCUT2D eigenvalue weighted by Gasteiger charge is -2.31. The third-order valence-electron chi connectivity index (χ3n) is 1.49. The van der Waals surface area contributed by atoms with Crippen molar-refractivity contribution in [1.29, 1.82) is 0 Å². The van der Waals surface area contributed by atoms with Crippen molar-refractivity contribution in [3.05, 3.63) is 0 Å². The molecule has 0 aliphatic carbocycles. The number of hydrogen-bond donors (Lipinski definition) is 0. The van der Waals surface area contributed by atoms with E-state index >= 15 is 0 Å². The predicted molar refractivity (Wildman–Crippen MR) is 63.9 cm³/mol. The molecule has 0 saturated carbocycles. The average molecular weight is 218 g/mol. The molecule has 0 heterocycles. The minimum atomic E-state index is -1.48. The fraction of sp³-hybridized carbons (Fsp3) is 1.00. The molecule has 3 heteroatoms. The molecule has 0 rings (SSSR count). The van der Waals surface area contributed by atoms with E-state index in [9.17, 15) is 0 Å². The summed E-state index contributed by atoms with van der Waals surface area (Å²) in [5.41, 5.74) is -0.144.